The molecule has 0 saturated carbocycles. The van der Waals surface area contributed by atoms with Crippen molar-refractivity contribution in [1.29, 1.82) is 0 Å². The Morgan fingerprint density at radius 2 is 1.75 bits per heavy atom. The maximum absolute atomic E-state index is 10.4. The van der Waals surface area contributed by atoms with Crippen molar-refractivity contribution < 1.29 is 9.84 Å². The van der Waals surface area contributed by atoms with Crippen molar-refractivity contribution in [3.05, 3.63) is 65.7 Å². The second-order valence-electron chi connectivity index (χ2n) is 6.03. The van der Waals surface area contributed by atoms with Gasteiger partial charge < -0.3 is 14.7 Å². The van der Waals surface area contributed by atoms with Crippen molar-refractivity contribution in [2.24, 2.45) is 0 Å². The molecule has 24 heavy (non-hydrogen) atoms. The predicted molar refractivity (Wildman–Crippen MR) is 99.2 cm³/mol. The van der Waals surface area contributed by atoms with Gasteiger partial charge in [-0.3, -0.25) is 0 Å². The summed E-state index contributed by atoms with van der Waals surface area (Å²) < 4.78 is 5.84. The molecule has 0 fully saturated rings. The molecule has 3 heteroatoms. The molecule has 2 aromatic rings. The maximum atomic E-state index is 10.4. The lowest BCUT2D eigenvalue weighted by atomic mass is 10.0. The molecule has 1 atom stereocenters. The second kappa shape index (κ2) is 10.1. The van der Waals surface area contributed by atoms with Gasteiger partial charge in [-0.1, -0.05) is 56.3 Å². The number of nitrogens with zero attached hydrogens (tertiary/aromatic N) is 1. The van der Waals surface area contributed by atoms with Gasteiger partial charge in [0, 0.05) is 0 Å². The van der Waals surface area contributed by atoms with E-state index in [1.54, 1.807) is 0 Å². The molecule has 0 amide bonds. The summed E-state index contributed by atoms with van der Waals surface area (Å²) in [7, 11) is 0. The highest BCUT2D eigenvalue weighted by molar-refractivity contribution is 5.30. The number of aliphatic hydroxyl groups excluding tert-OH is 1. The SMILES string of the molecule is CCN(CC)CCCC(O)c1cccc(OCc2ccccc2)c1. The van der Waals surface area contributed by atoms with Crippen molar-refractivity contribution in [3.63, 3.8) is 0 Å². The molecule has 0 aliphatic heterocycles. The van der Waals surface area contributed by atoms with Crippen LogP contribution in [0.15, 0.2) is 54.6 Å². The van der Waals surface area contributed by atoms with Gasteiger partial charge in [0.2, 0.25) is 0 Å². The van der Waals surface area contributed by atoms with Gasteiger partial charge in [-0.25, -0.2) is 0 Å². The molecule has 1 unspecified atom stereocenters. The molecule has 0 bridgehead atoms. The van der Waals surface area contributed by atoms with E-state index < -0.39 is 6.10 Å². The minimum atomic E-state index is -0.430. The van der Waals surface area contributed by atoms with Gasteiger partial charge in [-0.05, 0) is 55.7 Å². The van der Waals surface area contributed by atoms with Crippen LogP contribution in [0.3, 0.4) is 0 Å². The Labute approximate surface area is 145 Å². The average molecular weight is 327 g/mol. The third-order valence-corrected chi connectivity index (χ3v) is 4.34. The predicted octanol–water partition coefficient (Wildman–Crippen LogP) is 4.42. The number of hydrogen-bond acceptors (Lipinski definition) is 3. The van der Waals surface area contributed by atoms with Gasteiger partial charge in [-0.2, -0.15) is 0 Å². The third-order valence-electron chi connectivity index (χ3n) is 4.34. The first-order valence-corrected chi connectivity index (χ1v) is 8.90. The smallest absolute Gasteiger partial charge is 0.120 e. The molecule has 130 valence electrons. The number of benzene rings is 2. The van der Waals surface area contributed by atoms with Crippen LogP contribution in [0, 0.1) is 0 Å². The van der Waals surface area contributed by atoms with Crippen LogP contribution in [-0.4, -0.2) is 29.6 Å². The number of ether oxygens (including phenoxy) is 1. The summed E-state index contributed by atoms with van der Waals surface area (Å²) in [5.74, 6) is 0.805. The zero-order chi connectivity index (χ0) is 17.2. The topological polar surface area (TPSA) is 32.7 Å². The number of aliphatic hydroxyl groups is 1. The molecule has 0 aliphatic carbocycles. The summed E-state index contributed by atoms with van der Waals surface area (Å²) in [5, 5.41) is 10.4. The number of rotatable bonds is 10. The van der Waals surface area contributed by atoms with E-state index in [0.29, 0.717) is 6.61 Å². The first-order chi connectivity index (χ1) is 11.7. The van der Waals surface area contributed by atoms with E-state index in [2.05, 4.69) is 18.7 Å². The van der Waals surface area contributed by atoms with E-state index in [4.69, 9.17) is 4.74 Å². The highest BCUT2D eigenvalue weighted by Crippen LogP contribution is 2.23. The summed E-state index contributed by atoms with van der Waals surface area (Å²) in [6, 6.07) is 17.9. The Bertz CT molecular complexity index is 581. The fraction of sp³-hybridized carbons (Fsp3) is 0.429. The Morgan fingerprint density at radius 3 is 2.46 bits per heavy atom. The molecule has 0 spiro atoms. The van der Waals surface area contributed by atoms with Gasteiger partial charge in [0.05, 0.1) is 6.10 Å². The fourth-order valence-electron chi connectivity index (χ4n) is 2.77. The van der Waals surface area contributed by atoms with Crippen LogP contribution in [0.25, 0.3) is 0 Å². The standard InChI is InChI=1S/C21H29NO2/c1-3-22(4-2)15-9-14-21(23)19-12-8-13-20(16-19)24-17-18-10-6-5-7-11-18/h5-8,10-13,16,21,23H,3-4,9,14-15,17H2,1-2H3. The lowest BCUT2D eigenvalue weighted by Gasteiger charge is -2.19. The molecule has 2 rings (SSSR count). The van der Waals surface area contributed by atoms with Gasteiger partial charge in [0.25, 0.3) is 0 Å². The normalized spacial score (nSPS) is 12.3. The molecular weight excluding hydrogens is 298 g/mol. The van der Waals surface area contributed by atoms with Gasteiger partial charge in [-0.15, -0.1) is 0 Å². The van der Waals surface area contributed by atoms with Crippen molar-refractivity contribution in [3.8, 4) is 5.75 Å². The first-order valence-electron chi connectivity index (χ1n) is 8.90. The van der Waals surface area contributed by atoms with Crippen LogP contribution in [0.5, 0.6) is 5.75 Å². The van der Waals surface area contributed by atoms with Crippen LogP contribution < -0.4 is 4.74 Å². The highest BCUT2D eigenvalue weighted by Gasteiger charge is 2.09. The Morgan fingerprint density at radius 1 is 1.00 bits per heavy atom. The molecule has 0 aromatic heterocycles. The van der Waals surface area contributed by atoms with E-state index in [1.807, 2.05) is 54.6 Å². The van der Waals surface area contributed by atoms with Crippen molar-refractivity contribution >= 4 is 0 Å². The fourth-order valence-corrected chi connectivity index (χ4v) is 2.77. The third kappa shape index (κ3) is 5.99. The Hall–Kier alpha value is -1.84. The lowest BCUT2D eigenvalue weighted by Crippen LogP contribution is -2.24. The lowest BCUT2D eigenvalue weighted by molar-refractivity contribution is 0.156. The van der Waals surface area contributed by atoms with Crippen LogP contribution >= 0.6 is 0 Å². The van der Waals surface area contributed by atoms with E-state index in [1.165, 1.54) is 0 Å². The minimum Gasteiger partial charge on any atom is -0.489 e. The summed E-state index contributed by atoms with van der Waals surface area (Å²) >= 11 is 0. The second-order valence-corrected chi connectivity index (χ2v) is 6.03. The molecule has 1 N–H and O–H groups in total. The molecular formula is C21H29NO2. The highest BCUT2D eigenvalue weighted by atomic mass is 16.5. The summed E-state index contributed by atoms with van der Waals surface area (Å²) in [6.45, 7) is 8.06. The largest absolute Gasteiger partial charge is 0.489 e. The van der Waals surface area contributed by atoms with Gasteiger partial charge >= 0.3 is 0 Å². The van der Waals surface area contributed by atoms with Crippen molar-refractivity contribution in [2.75, 3.05) is 19.6 Å². The number of hydrogen-bond donors (Lipinski definition) is 1. The molecule has 0 aliphatic rings. The Kier molecular flexibility index (Phi) is 7.80. The van der Waals surface area contributed by atoms with Crippen LogP contribution in [0.2, 0.25) is 0 Å². The van der Waals surface area contributed by atoms with Crippen LogP contribution in [0.1, 0.15) is 43.9 Å². The van der Waals surface area contributed by atoms with E-state index in [-0.39, 0.29) is 0 Å². The van der Waals surface area contributed by atoms with Crippen LogP contribution in [0.4, 0.5) is 0 Å². The Balaban J connectivity index is 1.84. The maximum Gasteiger partial charge on any atom is 0.120 e. The van der Waals surface area contributed by atoms with E-state index in [9.17, 15) is 5.11 Å². The van der Waals surface area contributed by atoms with Crippen molar-refractivity contribution in [1.82, 2.24) is 4.90 Å². The summed E-state index contributed by atoms with van der Waals surface area (Å²) in [6.07, 6.45) is 1.34. The van der Waals surface area contributed by atoms with E-state index in [0.717, 1.165) is 49.4 Å². The molecule has 0 saturated heterocycles. The molecule has 0 radical (unpaired) electrons. The average Bonchev–Trinajstić information content (AvgIpc) is 2.64. The zero-order valence-electron chi connectivity index (χ0n) is 14.8. The summed E-state index contributed by atoms with van der Waals surface area (Å²) in [5.41, 5.74) is 2.07. The summed E-state index contributed by atoms with van der Waals surface area (Å²) in [4.78, 5) is 2.38. The minimum absolute atomic E-state index is 0.430. The van der Waals surface area contributed by atoms with Crippen LogP contribution in [-0.2, 0) is 6.61 Å². The van der Waals surface area contributed by atoms with E-state index >= 15 is 0 Å². The molecule has 2 aromatic carbocycles. The van der Waals surface area contributed by atoms with Gasteiger partial charge in [0.1, 0.15) is 12.4 Å². The molecule has 3 nitrogen and oxygen atoms in total. The first kappa shape index (κ1) is 18.5. The van der Waals surface area contributed by atoms with Gasteiger partial charge in [0.15, 0.2) is 0 Å². The molecule has 0 heterocycles. The van der Waals surface area contributed by atoms with Crippen molar-refractivity contribution in [2.45, 2.75) is 39.4 Å². The quantitative estimate of drug-likeness (QED) is 0.701. The zero-order valence-corrected chi connectivity index (χ0v) is 14.8. The monoisotopic (exact) mass is 327 g/mol.